The minimum absolute atomic E-state index is 0.0374. The number of hydrogen-bond donors (Lipinski definition) is 2. The fourth-order valence-electron chi connectivity index (χ4n) is 2.58. The van der Waals surface area contributed by atoms with Crippen molar-refractivity contribution in [2.24, 2.45) is 17.1 Å². The monoisotopic (exact) mass is 211 g/mol. The molecule has 3 heteroatoms. The second-order valence-electron chi connectivity index (χ2n) is 4.50. The molecule has 0 bridgehead atoms. The molecule has 3 N–H and O–H groups in total. The van der Waals surface area contributed by atoms with Gasteiger partial charge in [-0.2, -0.15) is 0 Å². The summed E-state index contributed by atoms with van der Waals surface area (Å²) >= 11 is 1.62. The number of thiophene rings is 1. The van der Waals surface area contributed by atoms with E-state index in [1.807, 2.05) is 17.5 Å². The van der Waals surface area contributed by atoms with Gasteiger partial charge in [0.25, 0.3) is 0 Å². The molecule has 1 aliphatic carbocycles. The van der Waals surface area contributed by atoms with Crippen LogP contribution in [0, 0.1) is 11.3 Å². The van der Waals surface area contributed by atoms with E-state index in [0.717, 1.165) is 17.7 Å². The van der Waals surface area contributed by atoms with Gasteiger partial charge < -0.3 is 10.8 Å². The second-order valence-corrected chi connectivity index (χ2v) is 5.48. The van der Waals surface area contributed by atoms with Gasteiger partial charge in [0.15, 0.2) is 0 Å². The molecule has 1 atom stereocenters. The maximum Gasteiger partial charge on any atom is 0.0950 e. The summed E-state index contributed by atoms with van der Waals surface area (Å²) in [7, 11) is 0. The number of hydrogen-bond acceptors (Lipinski definition) is 3. The fourth-order valence-corrected chi connectivity index (χ4v) is 3.43. The van der Waals surface area contributed by atoms with Gasteiger partial charge in [0, 0.05) is 16.8 Å². The summed E-state index contributed by atoms with van der Waals surface area (Å²) in [6, 6.07) is 3.98. The highest BCUT2D eigenvalue weighted by Crippen LogP contribution is 2.53. The van der Waals surface area contributed by atoms with Crippen LogP contribution in [-0.2, 0) is 0 Å². The maximum atomic E-state index is 10.2. The molecule has 0 spiro atoms. The van der Waals surface area contributed by atoms with E-state index in [-0.39, 0.29) is 11.5 Å². The average Bonchev–Trinajstić information content (AvgIpc) is 2.64. The SMILES string of the molecule is CC1CC(CN)([C@@H](O)c2cccs2)C1. The number of aliphatic hydroxyl groups is 1. The highest BCUT2D eigenvalue weighted by molar-refractivity contribution is 7.10. The molecule has 0 unspecified atom stereocenters. The van der Waals surface area contributed by atoms with Gasteiger partial charge in [-0.15, -0.1) is 11.3 Å². The lowest BCUT2D eigenvalue weighted by molar-refractivity contribution is -0.0583. The van der Waals surface area contributed by atoms with E-state index in [1.165, 1.54) is 0 Å². The highest BCUT2D eigenvalue weighted by Gasteiger charge is 2.47. The molecule has 0 aromatic carbocycles. The van der Waals surface area contributed by atoms with Crippen LogP contribution in [0.15, 0.2) is 17.5 Å². The van der Waals surface area contributed by atoms with Crippen molar-refractivity contribution in [1.29, 1.82) is 0 Å². The molecule has 1 aromatic heterocycles. The van der Waals surface area contributed by atoms with Crippen LogP contribution in [0.2, 0.25) is 0 Å². The zero-order chi connectivity index (χ0) is 10.2. The Bertz CT molecular complexity index is 290. The molecule has 0 radical (unpaired) electrons. The van der Waals surface area contributed by atoms with E-state index < -0.39 is 0 Å². The lowest BCUT2D eigenvalue weighted by Crippen LogP contribution is -2.46. The van der Waals surface area contributed by atoms with Crippen molar-refractivity contribution in [3.63, 3.8) is 0 Å². The van der Waals surface area contributed by atoms with Crippen LogP contribution in [-0.4, -0.2) is 11.7 Å². The summed E-state index contributed by atoms with van der Waals surface area (Å²) in [5, 5.41) is 12.2. The highest BCUT2D eigenvalue weighted by atomic mass is 32.1. The largest absolute Gasteiger partial charge is 0.387 e. The van der Waals surface area contributed by atoms with E-state index in [4.69, 9.17) is 5.73 Å². The molecular weight excluding hydrogens is 194 g/mol. The first kappa shape index (κ1) is 10.1. The molecule has 14 heavy (non-hydrogen) atoms. The summed E-state index contributed by atoms with van der Waals surface area (Å²) < 4.78 is 0. The van der Waals surface area contributed by atoms with Crippen molar-refractivity contribution >= 4 is 11.3 Å². The fraction of sp³-hybridized carbons (Fsp3) is 0.636. The molecule has 0 aliphatic heterocycles. The van der Waals surface area contributed by atoms with Crippen LogP contribution >= 0.6 is 11.3 Å². The summed E-state index contributed by atoms with van der Waals surface area (Å²) in [4.78, 5) is 1.06. The first-order valence-electron chi connectivity index (χ1n) is 5.09. The second kappa shape index (κ2) is 3.65. The Morgan fingerprint density at radius 2 is 2.43 bits per heavy atom. The Balaban J connectivity index is 2.14. The molecule has 2 nitrogen and oxygen atoms in total. The van der Waals surface area contributed by atoms with Crippen molar-refractivity contribution in [2.45, 2.75) is 25.9 Å². The van der Waals surface area contributed by atoms with Crippen molar-refractivity contribution in [3.05, 3.63) is 22.4 Å². The van der Waals surface area contributed by atoms with Crippen molar-refractivity contribution in [1.82, 2.24) is 0 Å². The molecule has 1 heterocycles. The smallest absolute Gasteiger partial charge is 0.0950 e. The Morgan fingerprint density at radius 3 is 2.86 bits per heavy atom. The van der Waals surface area contributed by atoms with Crippen LogP contribution in [0.5, 0.6) is 0 Å². The van der Waals surface area contributed by atoms with Gasteiger partial charge in [0.2, 0.25) is 0 Å². The topological polar surface area (TPSA) is 46.2 Å². The van der Waals surface area contributed by atoms with Crippen molar-refractivity contribution in [3.8, 4) is 0 Å². The third-order valence-electron chi connectivity index (χ3n) is 3.31. The average molecular weight is 211 g/mol. The molecule has 1 aromatic rings. The van der Waals surface area contributed by atoms with Crippen LogP contribution < -0.4 is 5.73 Å². The minimum Gasteiger partial charge on any atom is -0.387 e. The van der Waals surface area contributed by atoms with Gasteiger partial charge in [0.05, 0.1) is 6.10 Å². The molecular formula is C11H17NOS. The molecule has 0 saturated heterocycles. The molecule has 1 fully saturated rings. The predicted molar refractivity (Wildman–Crippen MR) is 59.2 cm³/mol. The summed E-state index contributed by atoms with van der Waals surface area (Å²) in [6.45, 7) is 2.81. The predicted octanol–water partition coefficient (Wildman–Crippen LogP) is 2.16. The Kier molecular flexibility index (Phi) is 2.64. The van der Waals surface area contributed by atoms with Gasteiger partial charge in [-0.25, -0.2) is 0 Å². The number of nitrogens with two attached hydrogens (primary N) is 1. The molecule has 2 rings (SSSR count). The zero-order valence-corrected chi connectivity index (χ0v) is 9.26. The van der Waals surface area contributed by atoms with Crippen LogP contribution in [0.25, 0.3) is 0 Å². The van der Waals surface area contributed by atoms with Crippen LogP contribution in [0.4, 0.5) is 0 Å². The first-order chi connectivity index (χ1) is 6.68. The molecule has 1 aliphatic rings. The number of rotatable bonds is 3. The van der Waals surface area contributed by atoms with E-state index in [9.17, 15) is 5.11 Å². The first-order valence-corrected chi connectivity index (χ1v) is 5.97. The Morgan fingerprint density at radius 1 is 1.71 bits per heavy atom. The van der Waals surface area contributed by atoms with Crippen LogP contribution in [0.3, 0.4) is 0 Å². The summed E-state index contributed by atoms with van der Waals surface area (Å²) in [5.74, 6) is 0.716. The lowest BCUT2D eigenvalue weighted by atomic mass is 9.59. The van der Waals surface area contributed by atoms with Gasteiger partial charge in [-0.05, 0) is 30.2 Å². The van der Waals surface area contributed by atoms with Gasteiger partial charge in [-0.3, -0.25) is 0 Å². The van der Waals surface area contributed by atoms with E-state index in [0.29, 0.717) is 12.5 Å². The Hall–Kier alpha value is -0.380. The third kappa shape index (κ3) is 1.49. The van der Waals surface area contributed by atoms with Crippen molar-refractivity contribution < 1.29 is 5.11 Å². The number of aliphatic hydroxyl groups excluding tert-OH is 1. The van der Waals surface area contributed by atoms with E-state index >= 15 is 0 Å². The van der Waals surface area contributed by atoms with Crippen molar-refractivity contribution in [2.75, 3.05) is 6.54 Å². The zero-order valence-electron chi connectivity index (χ0n) is 8.44. The molecule has 0 amide bonds. The standard InChI is InChI=1S/C11H17NOS/c1-8-5-11(6-8,7-12)10(13)9-3-2-4-14-9/h2-4,8,10,13H,5-7,12H2,1H3/t8?,10-,11?/m0/s1. The van der Waals surface area contributed by atoms with Gasteiger partial charge in [-0.1, -0.05) is 13.0 Å². The quantitative estimate of drug-likeness (QED) is 0.804. The molecule has 1 saturated carbocycles. The maximum absolute atomic E-state index is 10.2. The molecule has 78 valence electrons. The third-order valence-corrected chi connectivity index (χ3v) is 4.23. The van der Waals surface area contributed by atoms with Gasteiger partial charge in [0.1, 0.15) is 0 Å². The van der Waals surface area contributed by atoms with Gasteiger partial charge >= 0.3 is 0 Å². The van der Waals surface area contributed by atoms with E-state index in [1.54, 1.807) is 11.3 Å². The lowest BCUT2D eigenvalue weighted by Gasteiger charge is -2.48. The summed E-state index contributed by atoms with van der Waals surface area (Å²) in [5.41, 5.74) is 5.75. The normalized spacial score (nSPS) is 33.8. The van der Waals surface area contributed by atoms with Crippen LogP contribution in [0.1, 0.15) is 30.7 Å². The Labute approximate surface area is 88.8 Å². The van der Waals surface area contributed by atoms with E-state index in [2.05, 4.69) is 6.92 Å². The summed E-state index contributed by atoms with van der Waals surface area (Å²) in [6.07, 6.45) is 1.76. The minimum atomic E-state index is -0.358.